The molecule has 0 radical (unpaired) electrons. The van der Waals surface area contributed by atoms with Gasteiger partial charge in [-0.1, -0.05) is 18.9 Å². The summed E-state index contributed by atoms with van der Waals surface area (Å²) < 4.78 is 10.4. The molecule has 2 aliphatic rings. The maximum absolute atomic E-state index is 12.9. The Labute approximate surface area is 188 Å². The minimum absolute atomic E-state index is 0.220. The van der Waals surface area contributed by atoms with Gasteiger partial charge in [-0.05, 0) is 47.9 Å². The monoisotopic (exact) mass is 526 g/mol. The molecule has 2 heterocycles. The topological polar surface area (TPSA) is 67.9 Å². The summed E-state index contributed by atoms with van der Waals surface area (Å²) in [5.74, 6) is -0.249. The van der Waals surface area contributed by atoms with E-state index in [4.69, 9.17) is 7.80 Å². The molecule has 1 saturated heterocycles. The molecule has 6 nitrogen and oxygen atoms in total. The van der Waals surface area contributed by atoms with Crippen LogP contribution in [0.2, 0.25) is 0 Å². The van der Waals surface area contributed by atoms with Gasteiger partial charge in [0.25, 0.3) is 5.91 Å². The van der Waals surface area contributed by atoms with Crippen LogP contribution in [-0.2, 0) is 7.80 Å². The third kappa shape index (κ3) is 4.59. The van der Waals surface area contributed by atoms with Crippen molar-refractivity contribution in [2.24, 2.45) is 0 Å². The number of rotatable bonds is 5. The first-order valence-corrected chi connectivity index (χ1v) is 11.6. The molecule has 0 atom stereocenters. The summed E-state index contributed by atoms with van der Waals surface area (Å²) in [4.78, 5) is 27.6. The van der Waals surface area contributed by atoms with Crippen LogP contribution in [0.5, 0.6) is 0 Å². The standard InChI is InChI=1S/C21H23IN2O4S/c22-28-21(26)18-17(14-4-1-2-5-14)13-29-20(18)23-19(25)15-6-3-7-16(12-15)24-8-10-27-11-9-24/h3,6-7,12-14H,1-2,4-5,8-11H2,(H,23,25). The highest BCUT2D eigenvalue weighted by Crippen LogP contribution is 2.41. The highest BCUT2D eigenvalue weighted by Gasteiger charge is 2.28. The Kier molecular flexibility index (Phi) is 6.71. The molecule has 1 aromatic heterocycles. The molecular weight excluding hydrogens is 503 g/mol. The van der Waals surface area contributed by atoms with E-state index in [9.17, 15) is 9.59 Å². The highest BCUT2D eigenvalue weighted by molar-refractivity contribution is 14.1. The van der Waals surface area contributed by atoms with Crippen molar-refractivity contribution >= 4 is 56.9 Å². The van der Waals surface area contributed by atoms with Gasteiger partial charge in [-0.3, -0.25) is 4.79 Å². The summed E-state index contributed by atoms with van der Waals surface area (Å²) in [5.41, 5.74) is 3.09. The maximum Gasteiger partial charge on any atom is 0.350 e. The number of hydrogen-bond donors (Lipinski definition) is 1. The molecule has 29 heavy (non-hydrogen) atoms. The Hall–Kier alpha value is -1.65. The van der Waals surface area contributed by atoms with E-state index in [2.05, 4.69) is 10.2 Å². The molecular formula is C21H23IN2O4S. The molecule has 4 rings (SSSR count). The second-order valence-electron chi connectivity index (χ2n) is 7.35. The van der Waals surface area contributed by atoms with Crippen LogP contribution in [0.3, 0.4) is 0 Å². The van der Waals surface area contributed by atoms with Gasteiger partial charge in [0.05, 0.1) is 18.8 Å². The number of benzene rings is 1. The number of anilines is 2. The van der Waals surface area contributed by atoms with Crippen molar-refractivity contribution in [1.29, 1.82) is 0 Å². The van der Waals surface area contributed by atoms with Crippen molar-refractivity contribution in [2.75, 3.05) is 36.5 Å². The Morgan fingerprint density at radius 2 is 1.97 bits per heavy atom. The van der Waals surface area contributed by atoms with Crippen LogP contribution in [0, 0.1) is 0 Å². The van der Waals surface area contributed by atoms with Crippen molar-refractivity contribution in [3.8, 4) is 0 Å². The number of nitrogens with zero attached hydrogens (tertiary/aromatic N) is 1. The van der Waals surface area contributed by atoms with E-state index in [1.807, 2.05) is 23.6 Å². The number of carbonyl (C=O) groups is 2. The van der Waals surface area contributed by atoms with Crippen molar-refractivity contribution in [3.63, 3.8) is 0 Å². The number of morpholine rings is 1. The van der Waals surface area contributed by atoms with Crippen LogP contribution in [0.25, 0.3) is 0 Å². The molecule has 0 bridgehead atoms. The maximum atomic E-state index is 12.9. The summed E-state index contributed by atoms with van der Waals surface area (Å²) in [5, 5.41) is 5.51. The van der Waals surface area contributed by atoms with Gasteiger partial charge >= 0.3 is 5.97 Å². The van der Waals surface area contributed by atoms with E-state index in [1.165, 1.54) is 24.2 Å². The predicted octanol–water partition coefficient (Wildman–Crippen LogP) is 5.00. The van der Waals surface area contributed by atoms with Crippen LogP contribution in [0.4, 0.5) is 10.7 Å². The van der Waals surface area contributed by atoms with Crippen molar-refractivity contribution in [2.45, 2.75) is 31.6 Å². The lowest BCUT2D eigenvalue weighted by Crippen LogP contribution is -2.36. The number of carbonyl (C=O) groups excluding carboxylic acids is 2. The molecule has 2 aromatic rings. The van der Waals surface area contributed by atoms with E-state index < -0.39 is 5.97 Å². The van der Waals surface area contributed by atoms with Crippen LogP contribution in [-0.4, -0.2) is 38.2 Å². The Morgan fingerprint density at radius 1 is 1.21 bits per heavy atom. The third-order valence-corrected chi connectivity index (χ3v) is 6.91. The molecule has 2 fully saturated rings. The van der Waals surface area contributed by atoms with Gasteiger partial charge < -0.3 is 18.0 Å². The van der Waals surface area contributed by atoms with Crippen molar-refractivity contribution in [1.82, 2.24) is 0 Å². The quantitative estimate of drug-likeness (QED) is 0.556. The molecule has 1 aromatic carbocycles. The third-order valence-electron chi connectivity index (χ3n) is 5.60. The zero-order chi connectivity index (χ0) is 20.2. The largest absolute Gasteiger partial charge is 0.391 e. The number of amides is 1. The van der Waals surface area contributed by atoms with E-state index in [0.717, 1.165) is 37.2 Å². The Morgan fingerprint density at radius 3 is 2.69 bits per heavy atom. The molecule has 8 heteroatoms. The molecule has 1 saturated carbocycles. The molecule has 154 valence electrons. The summed E-state index contributed by atoms with van der Waals surface area (Å²) in [6, 6.07) is 7.58. The summed E-state index contributed by atoms with van der Waals surface area (Å²) in [6.45, 7) is 3.01. The first-order valence-electron chi connectivity index (χ1n) is 9.86. The van der Waals surface area contributed by atoms with E-state index in [1.54, 1.807) is 29.1 Å². The molecule has 1 aliphatic heterocycles. The van der Waals surface area contributed by atoms with Crippen molar-refractivity contribution < 1.29 is 17.4 Å². The zero-order valence-corrected chi connectivity index (χ0v) is 19.0. The Balaban J connectivity index is 1.56. The highest BCUT2D eigenvalue weighted by atomic mass is 127. The van der Waals surface area contributed by atoms with E-state index in [0.29, 0.717) is 35.3 Å². The number of nitrogens with one attached hydrogen (secondary N) is 1. The van der Waals surface area contributed by atoms with E-state index in [-0.39, 0.29) is 5.91 Å². The van der Waals surface area contributed by atoms with Gasteiger partial charge in [-0.15, -0.1) is 11.3 Å². The normalized spacial score (nSPS) is 17.3. The fourth-order valence-electron chi connectivity index (χ4n) is 4.09. The smallest absolute Gasteiger partial charge is 0.350 e. The summed E-state index contributed by atoms with van der Waals surface area (Å²) >= 11 is 3.01. The van der Waals surface area contributed by atoms with Gasteiger partial charge in [-0.25, -0.2) is 4.79 Å². The molecule has 0 spiro atoms. The fraction of sp³-hybridized carbons (Fsp3) is 0.429. The lowest BCUT2D eigenvalue weighted by molar-refractivity contribution is 0.0800. The average molecular weight is 526 g/mol. The lowest BCUT2D eigenvalue weighted by Gasteiger charge is -2.29. The molecule has 1 N–H and O–H groups in total. The van der Waals surface area contributed by atoms with Gasteiger partial charge in [-0.2, -0.15) is 0 Å². The second kappa shape index (κ2) is 9.44. The molecule has 1 aliphatic carbocycles. The molecule has 0 unspecified atom stereocenters. The SMILES string of the molecule is O=C(Nc1scc(C2CCCC2)c1C(=O)OI)c1cccc(N2CCOCC2)c1. The number of ether oxygens (including phenoxy) is 1. The van der Waals surface area contributed by atoms with Crippen LogP contribution >= 0.6 is 34.3 Å². The van der Waals surface area contributed by atoms with Gasteiger partial charge in [0, 0.05) is 24.3 Å². The van der Waals surface area contributed by atoms with Crippen LogP contribution in [0.1, 0.15) is 57.9 Å². The minimum Gasteiger partial charge on any atom is -0.391 e. The number of hydrogen-bond acceptors (Lipinski definition) is 6. The Bertz CT molecular complexity index is 889. The first kappa shape index (κ1) is 20.6. The van der Waals surface area contributed by atoms with Gasteiger partial charge in [0.1, 0.15) is 5.00 Å². The second-order valence-corrected chi connectivity index (χ2v) is 8.67. The predicted molar refractivity (Wildman–Crippen MR) is 122 cm³/mol. The first-order chi connectivity index (χ1) is 14.2. The van der Waals surface area contributed by atoms with Crippen LogP contribution < -0.4 is 10.2 Å². The van der Waals surface area contributed by atoms with Gasteiger partial charge in [0.2, 0.25) is 0 Å². The van der Waals surface area contributed by atoms with Gasteiger partial charge in [0.15, 0.2) is 23.0 Å². The molecule has 1 amide bonds. The van der Waals surface area contributed by atoms with Crippen molar-refractivity contribution in [3.05, 3.63) is 46.3 Å². The fourth-order valence-corrected chi connectivity index (χ4v) is 5.34. The summed E-state index contributed by atoms with van der Waals surface area (Å²) in [7, 11) is 0. The minimum atomic E-state index is -0.397. The van der Waals surface area contributed by atoms with E-state index >= 15 is 0 Å². The number of thiophene rings is 1. The number of halogens is 1. The van der Waals surface area contributed by atoms with Crippen LogP contribution in [0.15, 0.2) is 29.6 Å². The zero-order valence-electron chi connectivity index (χ0n) is 16.0. The lowest BCUT2D eigenvalue weighted by atomic mass is 9.96. The summed E-state index contributed by atoms with van der Waals surface area (Å²) in [6.07, 6.45) is 4.50. The average Bonchev–Trinajstić information content (AvgIpc) is 3.44.